The number of anilines is 2. The zero-order chi connectivity index (χ0) is 14.2. The molecule has 0 aliphatic heterocycles. The maximum atomic E-state index is 12.2. The van der Waals surface area contributed by atoms with Crippen molar-refractivity contribution in [2.24, 2.45) is 0 Å². The van der Waals surface area contributed by atoms with Crippen LogP contribution in [0.3, 0.4) is 0 Å². The molecule has 1 aromatic heterocycles. The number of rotatable bonds is 2. The molecule has 1 aromatic carbocycles. The van der Waals surface area contributed by atoms with Crippen LogP contribution < -0.4 is 11.1 Å². The molecule has 0 aliphatic carbocycles. The number of carbonyl (C=O) groups is 1. The number of nitrogens with one attached hydrogen (secondary N) is 1. The summed E-state index contributed by atoms with van der Waals surface area (Å²) in [4.78, 5) is 12.2. The largest absolute Gasteiger partial charge is 0.399 e. The van der Waals surface area contributed by atoms with Gasteiger partial charge in [-0.1, -0.05) is 0 Å². The predicted molar refractivity (Wildman–Crippen MR) is 93.9 cm³/mol. The third-order valence-electron chi connectivity index (χ3n) is 2.20. The van der Waals surface area contributed by atoms with E-state index in [9.17, 15) is 4.79 Å². The van der Waals surface area contributed by atoms with E-state index in [0.717, 1.165) is 16.5 Å². The van der Waals surface area contributed by atoms with Gasteiger partial charge in [0.1, 0.15) is 0 Å². The summed E-state index contributed by atoms with van der Waals surface area (Å²) in [6.07, 6.45) is 0. The number of benzene rings is 1. The van der Waals surface area contributed by atoms with E-state index in [1.807, 2.05) is 0 Å². The van der Waals surface area contributed by atoms with Crippen LogP contribution in [-0.2, 0) is 0 Å². The quantitative estimate of drug-likeness (QED) is 0.492. The average Bonchev–Trinajstić information content (AvgIpc) is 2.62. The van der Waals surface area contributed by atoms with Gasteiger partial charge >= 0.3 is 0 Å². The monoisotopic (exact) mass is 530 g/mol. The number of carbonyl (C=O) groups excluding carboxylic acids is 1. The zero-order valence-electron chi connectivity index (χ0n) is 9.14. The molecule has 100 valence electrons. The second kappa shape index (κ2) is 6.26. The number of hydrogen-bond donors (Lipinski definition) is 2. The number of thiophene rings is 1. The summed E-state index contributed by atoms with van der Waals surface area (Å²) in [5, 5.41) is 2.84. The standard InChI is InChI=1S/C11H6Br4N2OS/c12-6-1-4(16)2-7(13)9(6)17-11(18)5-3-8(14)19-10(5)15/h1-3H,16H2,(H,17,18). The van der Waals surface area contributed by atoms with Gasteiger partial charge in [0.2, 0.25) is 0 Å². The fourth-order valence-corrected chi connectivity index (χ4v) is 5.60. The van der Waals surface area contributed by atoms with E-state index >= 15 is 0 Å². The summed E-state index contributed by atoms with van der Waals surface area (Å²) in [6.45, 7) is 0. The zero-order valence-corrected chi connectivity index (χ0v) is 16.3. The normalized spacial score (nSPS) is 10.5. The van der Waals surface area contributed by atoms with Gasteiger partial charge in [-0.15, -0.1) is 11.3 Å². The molecule has 1 amide bonds. The van der Waals surface area contributed by atoms with E-state index < -0.39 is 0 Å². The van der Waals surface area contributed by atoms with E-state index in [2.05, 4.69) is 69.0 Å². The lowest BCUT2D eigenvalue weighted by Crippen LogP contribution is -2.12. The smallest absolute Gasteiger partial charge is 0.257 e. The Morgan fingerprint density at radius 3 is 2.16 bits per heavy atom. The Kier molecular flexibility index (Phi) is 5.10. The molecule has 2 aromatic rings. The fraction of sp³-hybridized carbons (Fsp3) is 0. The number of amides is 1. The summed E-state index contributed by atoms with van der Waals surface area (Å²) in [5.74, 6) is -0.194. The Morgan fingerprint density at radius 1 is 1.11 bits per heavy atom. The van der Waals surface area contributed by atoms with Gasteiger partial charge in [0.15, 0.2) is 0 Å². The predicted octanol–water partition coefficient (Wildman–Crippen LogP) is 5.63. The van der Waals surface area contributed by atoms with Crippen LogP contribution in [-0.4, -0.2) is 5.91 Å². The first-order valence-electron chi connectivity index (χ1n) is 4.89. The van der Waals surface area contributed by atoms with E-state index in [1.54, 1.807) is 18.2 Å². The van der Waals surface area contributed by atoms with Crippen molar-refractivity contribution in [3.05, 3.63) is 40.3 Å². The lowest BCUT2D eigenvalue weighted by molar-refractivity contribution is 0.102. The molecule has 0 saturated carbocycles. The molecule has 0 unspecified atom stereocenters. The van der Waals surface area contributed by atoms with Gasteiger partial charge in [0, 0.05) is 14.6 Å². The number of halogens is 4. The molecule has 0 aliphatic rings. The van der Waals surface area contributed by atoms with Crippen LogP contribution >= 0.6 is 75.1 Å². The highest BCUT2D eigenvalue weighted by atomic mass is 79.9. The average molecular weight is 534 g/mol. The third kappa shape index (κ3) is 3.60. The second-order valence-corrected chi connectivity index (χ2v) is 9.01. The minimum Gasteiger partial charge on any atom is -0.399 e. The van der Waals surface area contributed by atoms with Crippen molar-refractivity contribution in [2.75, 3.05) is 11.1 Å². The molecule has 0 bridgehead atoms. The second-order valence-electron chi connectivity index (χ2n) is 3.55. The molecule has 3 nitrogen and oxygen atoms in total. The highest BCUT2D eigenvalue weighted by molar-refractivity contribution is 9.12. The van der Waals surface area contributed by atoms with Crippen LogP contribution in [0, 0.1) is 0 Å². The molecule has 8 heteroatoms. The molecule has 0 spiro atoms. The van der Waals surface area contributed by atoms with Crippen molar-refractivity contribution in [1.82, 2.24) is 0 Å². The highest BCUT2D eigenvalue weighted by Crippen LogP contribution is 2.36. The van der Waals surface area contributed by atoms with Gasteiger partial charge in [0.25, 0.3) is 5.91 Å². The molecule has 3 N–H and O–H groups in total. The fourth-order valence-electron chi connectivity index (χ4n) is 1.39. The van der Waals surface area contributed by atoms with Crippen LogP contribution in [0.4, 0.5) is 11.4 Å². The first-order chi connectivity index (χ1) is 8.88. The van der Waals surface area contributed by atoms with Crippen molar-refractivity contribution < 1.29 is 4.79 Å². The lowest BCUT2D eigenvalue weighted by atomic mass is 10.2. The van der Waals surface area contributed by atoms with Crippen LogP contribution in [0.5, 0.6) is 0 Å². The first-order valence-corrected chi connectivity index (χ1v) is 8.88. The van der Waals surface area contributed by atoms with Gasteiger partial charge in [-0.25, -0.2) is 0 Å². The van der Waals surface area contributed by atoms with Gasteiger partial charge in [-0.2, -0.15) is 0 Å². The minimum atomic E-state index is -0.194. The van der Waals surface area contributed by atoms with Crippen molar-refractivity contribution >= 4 is 92.3 Å². The Morgan fingerprint density at radius 2 is 1.68 bits per heavy atom. The Hall–Kier alpha value is 0.110. The van der Waals surface area contributed by atoms with Crippen LogP contribution in [0.1, 0.15) is 10.4 Å². The Bertz CT molecular complexity index is 633. The maximum Gasteiger partial charge on any atom is 0.257 e. The van der Waals surface area contributed by atoms with Crippen molar-refractivity contribution in [3.63, 3.8) is 0 Å². The summed E-state index contributed by atoms with van der Waals surface area (Å²) in [7, 11) is 0. The minimum absolute atomic E-state index is 0.194. The van der Waals surface area contributed by atoms with Crippen LogP contribution in [0.25, 0.3) is 0 Å². The van der Waals surface area contributed by atoms with Crippen molar-refractivity contribution in [1.29, 1.82) is 0 Å². The summed E-state index contributed by atoms with van der Waals surface area (Å²) < 4.78 is 3.11. The van der Waals surface area contributed by atoms with E-state index in [4.69, 9.17) is 5.73 Å². The summed E-state index contributed by atoms with van der Waals surface area (Å²) in [5.41, 5.74) is 7.54. The topological polar surface area (TPSA) is 55.1 Å². The molecule has 19 heavy (non-hydrogen) atoms. The van der Waals surface area contributed by atoms with Gasteiger partial charge in [-0.05, 0) is 81.9 Å². The SMILES string of the molecule is Nc1cc(Br)c(NC(=O)c2cc(Br)sc2Br)c(Br)c1. The van der Waals surface area contributed by atoms with Gasteiger partial charge < -0.3 is 11.1 Å². The van der Waals surface area contributed by atoms with E-state index in [0.29, 0.717) is 16.9 Å². The molecular weight excluding hydrogens is 528 g/mol. The van der Waals surface area contributed by atoms with Crippen LogP contribution in [0.15, 0.2) is 34.7 Å². The molecule has 1 heterocycles. The maximum absolute atomic E-state index is 12.2. The molecule has 2 rings (SSSR count). The van der Waals surface area contributed by atoms with E-state index in [-0.39, 0.29) is 5.91 Å². The first kappa shape index (κ1) is 15.5. The van der Waals surface area contributed by atoms with E-state index in [1.165, 1.54) is 11.3 Å². The molecule has 0 saturated heterocycles. The summed E-state index contributed by atoms with van der Waals surface area (Å²) >= 11 is 14.9. The third-order valence-corrected chi connectivity index (χ3v) is 5.79. The van der Waals surface area contributed by atoms with Crippen LogP contribution in [0.2, 0.25) is 0 Å². The highest BCUT2D eigenvalue weighted by Gasteiger charge is 2.16. The molecular formula is C11H6Br4N2OS. The van der Waals surface area contributed by atoms with Gasteiger partial charge in [-0.3, -0.25) is 4.79 Å². The van der Waals surface area contributed by atoms with Crippen molar-refractivity contribution in [2.45, 2.75) is 0 Å². The molecule has 0 atom stereocenters. The Labute approximate surface area is 147 Å². The van der Waals surface area contributed by atoms with Crippen molar-refractivity contribution in [3.8, 4) is 0 Å². The summed E-state index contributed by atoms with van der Waals surface area (Å²) in [6, 6.07) is 5.24. The molecule has 0 radical (unpaired) electrons. The van der Waals surface area contributed by atoms with Gasteiger partial charge in [0.05, 0.1) is 18.8 Å². The lowest BCUT2D eigenvalue weighted by Gasteiger charge is -2.10. The number of hydrogen-bond acceptors (Lipinski definition) is 3. The number of nitrogen functional groups attached to an aromatic ring is 1. The Balaban J connectivity index is 2.32. The molecule has 0 fully saturated rings. The number of nitrogens with two attached hydrogens (primary N) is 1.